The summed E-state index contributed by atoms with van der Waals surface area (Å²) in [5.74, 6) is 2.66. The lowest BCUT2D eigenvalue weighted by atomic mass is 9.95. The number of fused-ring (bicyclic) bond motifs is 1. The van der Waals surface area contributed by atoms with E-state index in [9.17, 15) is 4.79 Å². The van der Waals surface area contributed by atoms with Crippen molar-refractivity contribution in [1.29, 1.82) is 0 Å². The smallest absolute Gasteiger partial charge is 0.170 e. The molecule has 120 valence electrons. The van der Waals surface area contributed by atoms with Gasteiger partial charge in [-0.05, 0) is 63.4 Å². The standard InChI is InChI=1S/C9H7BrN2O.C7H15NS/c1-6-2-7(10)3-9-4-8(5-13)11-12(6)9;1-7(8-2)3-5-9-6-4-7/h2-5H,1H3;8H,3-6H2,1-2H3. The summed E-state index contributed by atoms with van der Waals surface area (Å²) in [4.78, 5) is 10.5. The van der Waals surface area contributed by atoms with Crippen molar-refractivity contribution in [3.8, 4) is 0 Å². The van der Waals surface area contributed by atoms with Gasteiger partial charge >= 0.3 is 0 Å². The fraction of sp³-hybridized carbons (Fsp3) is 0.500. The van der Waals surface area contributed by atoms with Gasteiger partial charge in [-0.25, -0.2) is 4.52 Å². The molecule has 22 heavy (non-hydrogen) atoms. The van der Waals surface area contributed by atoms with Crippen LogP contribution in [0.2, 0.25) is 0 Å². The van der Waals surface area contributed by atoms with Gasteiger partial charge in [-0.3, -0.25) is 4.79 Å². The molecule has 1 aliphatic rings. The number of aromatic nitrogens is 2. The molecule has 0 amide bonds. The van der Waals surface area contributed by atoms with Crippen LogP contribution in [0.1, 0.15) is 35.9 Å². The van der Waals surface area contributed by atoms with Crippen LogP contribution in [-0.2, 0) is 0 Å². The molecule has 1 saturated heterocycles. The lowest BCUT2D eigenvalue weighted by Crippen LogP contribution is -2.42. The van der Waals surface area contributed by atoms with Crippen LogP contribution in [0.3, 0.4) is 0 Å². The Morgan fingerprint density at radius 1 is 1.36 bits per heavy atom. The van der Waals surface area contributed by atoms with Crippen molar-refractivity contribution in [2.24, 2.45) is 0 Å². The van der Waals surface area contributed by atoms with E-state index >= 15 is 0 Å². The minimum Gasteiger partial charge on any atom is -0.314 e. The normalized spacial score (nSPS) is 16.9. The summed E-state index contributed by atoms with van der Waals surface area (Å²) in [6.07, 6.45) is 3.41. The van der Waals surface area contributed by atoms with Gasteiger partial charge < -0.3 is 5.32 Å². The third-order valence-corrected chi connectivity index (χ3v) is 5.49. The van der Waals surface area contributed by atoms with E-state index < -0.39 is 0 Å². The van der Waals surface area contributed by atoms with E-state index in [1.165, 1.54) is 24.3 Å². The summed E-state index contributed by atoms with van der Waals surface area (Å²) in [5, 5.41) is 7.47. The topological polar surface area (TPSA) is 46.4 Å². The Labute approximate surface area is 144 Å². The zero-order valence-corrected chi connectivity index (χ0v) is 15.6. The first-order valence-electron chi connectivity index (χ1n) is 7.35. The average Bonchev–Trinajstić information content (AvgIpc) is 2.92. The monoisotopic (exact) mass is 383 g/mol. The Bertz CT molecular complexity index is 650. The highest BCUT2D eigenvalue weighted by molar-refractivity contribution is 9.10. The molecule has 0 saturated carbocycles. The lowest BCUT2D eigenvalue weighted by molar-refractivity contribution is 0.111. The van der Waals surface area contributed by atoms with E-state index in [1.807, 2.05) is 19.1 Å². The van der Waals surface area contributed by atoms with E-state index in [1.54, 1.807) is 10.6 Å². The highest BCUT2D eigenvalue weighted by atomic mass is 79.9. The molecule has 4 nitrogen and oxygen atoms in total. The average molecular weight is 384 g/mol. The van der Waals surface area contributed by atoms with Crippen molar-refractivity contribution in [2.45, 2.75) is 32.2 Å². The fourth-order valence-corrected chi connectivity index (χ4v) is 4.33. The number of hydrogen-bond donors (Lipinski definition) is 1. The Kier molecular flexibility index (Phi) is 6.06. The van der Waals surface area contributed by atoms with Gasteiger partial charge in [-0.15, -0.1) is 0 Å². The number of carbonyl (C=O) groups is 1. The second-order valence-corrected chi connectivity index (χ2v) is 7.90. The number of aryl methyl sites for hydroxylation is 1. The molecule has 3 rings (SSSR count). The molecule has 0 unspecified atom stereocenters. The van der Waals surface area contributed by atoms with Crippen LogP contribution in [0.4, 0.5) is 0 Å². The summed E-state index contributed by atoms with van der Waals surface area (Å²) in [5.41, 5.74) is 2.83. The molecule has 1 aliphatic heterocycles. The number of pyridine rings is 1. The molecule has 2 aromatic heterocycles. The summed E-state index contributed by atoms with van der Waals surface area (Å²) < 4.78 is 2.74. The van der Waals surface area contributed by atoms with Gasteiger partial charge in [-0.2, -0.15) is 16.9 Å². The molecule has 6 heteroatoms. The maximum Gasteiger partial charge on any atom is 0.170 e. The van der Waals surface area contributed by atoms with E-state index in [2.05, 4.69) is 52.1 Å². The predicted octanol–water partition coefficient (Wildman–Crippen LogP) is 3.71. The largest absolute Gasteiger partial charge is 0.314 e. The van der Waals surface area contributed by atoms with Gasteiger partial charge in [0.05, 0.1) is 5.52 Å². The highest BCUT2D eigenvalue weighted by Crippen LogP contribution is 2.25. The molecule has 3 heterocycles. The van der Waals surface area contributed by atoms with Gasteiger partial charge in [0.1, 0.15) is 5.69 Å². The van der Waals surface area contributed by atoms with Gasteiger partial charge in [0.25, 0.3) is 0 Å². The third-order valence-electron chi connectivity index (χ3n) is 4.04. The quantitative estimate of drug-likeness (QED) is 0.802. The van der Waals surface area contributed by atoms with E-state index in [4.69, 9.17) is 0 Å². The highest BCUT2D eigenvalue weighted by Gasteiger charge is 2.23. The van der Waals surface area contributed by atoms with Crippen LogP contribution in [0.15, 0.2) is 22.7 Å². The molecular weight excluding hydrogens is 362 g/mol. The van der Waals surface area contributed by atoms with E-state index in [0.717, 1.165) is 22.0 Å². The van der Waals surface area contributed by atoms with Crippen molar-refractivity contribution in [3.63, 3.8) is 0 Å². The Balaban J connectivity index is 0.000000172. The van der Waals surface area contributed by atoms with Gasteiger partial charge in [0.15, 0.2) is 6.29 Å². The number of thioether (sulfide) groups is 1. The summed E-state index contributed by atoms with van der Waals surface area (Å²) in [6.45, 7) is 4.26. The summed E-state index contributed by atoms with van der Waals surface area (Å²) >= 11 is 5.46. The third kappa shape index (κ3) is 4.33. The van der Waals surface area contributed by atoms with Crippen LogP contribution in [0.25, 0.3) is 5.52 Å². The van der Waals surface area contributed by atoms with Crippen LogP contribution in [0, 0.1) is 6.92 Å². The Morgan fingerprint density at radius 2 is 2.05 bits per heavy atom. The molecule has 0 spiro atoms. The SMILES string of the molecule is CNC1(C)CCSCC1.Cc1cc(Br)cc2cc(C=O)nn12. The van der Waals surface area contributed by atoms with Crippen molar-refractivity contribution in [2.75, 3.05) is 18.6 Å². The number of hydrogen-bond acceptors (Lipinski definition) is 4. The van der Waals surface area contributed by atoms with E-state index in [-0.39, 0.29) is 0 Å². The van der Waals surface area contributed by atoms with Crippen molar-refractivity contribution >= 4 is 39.5 Å². The second kappa shape index (κ2) is 7.62. The lowest BCUT2D eigenvalue weighted by Gasteiger charge is -2.32. The molecule has 0 radical (unpaired) electrons. The number of nitrogens with one attached hydrogen (secondary N) is 1. The molecule has 1 N–H and O–H groups in total. The molecule has 1 fully saturated rings. The zero-order valence-electron chi connectivity index (χ0n) is 13.2. The number of rotatable bonds is 2. The van der Waals surface area contributed by atoms with E-state index in [0.29, 0.717) is 11.2 Å². The first-order valence-corrected chi connectivity index (χ1v) is 9.30. The van der Waals surface area contributed by atoms with Crippen molar-refractivity contribution < 1.29 is 4.79 Å². The maximum atomic E-state index is 10.5. The van der Waals surface area contributed by atoms with Crippen LogP contribution in [0.5, 0.6) is 0 Å². The summed E-state index contributed by atoms with van der Waals surface area (Å²) in [7, 11) is 2.07. The van der Waals surface area contributed by atoms with Crippen LogP contribution < -0.4 is 5.32 Å². The molecule has 0 aliphatic carbocycles. The molecule has 0 atom stereocenters. The van der Waals surface area contributed by atoms with Crippen LogP contribution in [-0.4, -0.2) is 40.0 Å². The zero-order chi connectivity index (χ0) is 16.2. The minimum atomic E-state index is 0.450. The van der Waals surface area contributed by atoms with Gasteiger partial charge in [0, 0.05) is 15.7 Å². The number of halogens is 1. The van der Waals surface area contributed by atoms with Gasteiger partial charge in [0.2, 0.25) is 0 Å². The Morgan fingerprint density at radius 3 is 2.59 bits per heavy atom. The number of aldehydes is 1. The predicted molar refractivity (Wildman–Crippen MR) is 97.0 cm³/mol. The first-order chi connectivity index (χ1) is 10.5. The van der Waals surface area contributed by atoms with Gasteiger partial charge in [-0.1, -0.05) is 15.9 Å². The van der Waals surface area contributed by atoms with Crippen molar-refractivity contribution in [3.05, 3.63) is 34.1 Å². The summed E-state index contributed by atoms with van der Waals surface area (Å²) in [6, 6.07) is 5.63. The Hall–Kier alpha value is -0.850. The number of carbonyl (C=O) groups excluding carboxylic acids is 1. The maximum absolute atomic E-state index is 10.5. The van der Waals surface area contributed by atoms with Crippen LogP contribution >= 0.6 is 27.7 Å². The molecule has 2 aromatic rings. The first kappa shape index (κ1) is 17.5. The second-order valence-electron chi connectivity index (χ2n) is 5.76. The molecular formula is C16H22BrN3OS. The minimum absolute atomic E-state index is 0.450. The molecule has 0 bridgehead atoms. The fourth-order valence-electron chi connectivity index (χ4n) is 2.37. The number of nitrogens with zero attached hydrogens (tertiary/aromatic N) is 2. The molecule has 0 aromatic carbocycles. The van der Waals surface area contributed by atoms with Crippen molar-refractivity contribution in [1.82, 2.24) is 14.9 Å².